The van der Waals surface area contributed by atoms with Crippen molar-refractivity contribution < 1.29 is 0 Å². The molecule has 4 atom stereocenters. The van der Waals surface area contributed by atoms with Gasteiger partial charge in [0.2, 0.25) is 0 Å². The third-order valence-electron chi connectivity index (χ3n) is 4.85. The van der Waals surface area contributed by atoms with E-state index >= 15 is 0 Å². The lowest BCUT2D eigenvalue weighted by Gasteiger charge is -2.49. The molecule has 0 aromatic heterocycles. The molecule has 1 rings (SSSR count). The first-order chi connectivity index (χ1) is 5.91. The van der Waals surface area contributed by atoms with Crippen LogP contribution in [0.5, 0.6) is 0 Å². The van der Waals surface area contributed by atoms with Crippen LogP contribution in [-0.4, -0.2) is 13.1 Å². The molecule has 0 radical (unpaired) electrons. The van der Waals surface area contributed by atoms with Crippen molar-refractivity contribution in [1.29, 1.82) is 0 Å². The molecule has 78 valence electrons. The Bertz CT molecular complexity index is 174. The van der Waals surface area contributed by atoms with Crippen LogP contribution in [0.3, 0.4) is 0 Å². The molecule has 1 nitrogen and oxygen atoms in total. The van der Waals surface area contributed by atoms with Crippen LogP contribution >= 0.6 is 0 Å². The summed E-state index contributed by atoms with van der Waals surface area (Å²) in [4.78, 5) is 0. The number of hydrogen-bond acceptors (Lipinski definition) is 1. The van der Waals surface area contributed by atoms with E-state index in [1.807, 2.05) is 0 Å². The van der Waals surface area contributed by atoms with Crippen molar-refractivity contribution in [1.82, 2.24) is 5.32 Å². The molecule has 13 heavy (non-hydrogen) atoms. The van der Waals surface area contributed by atoms with E-state index in [0.29, 0.717) is 5.41 Å². The van der Waals surface area contributed by atoms with Crippen LogP contribution in [0.15, 0.2) is 0 Å². The average molecular weight is 183 g/mol. The van der Waals surface area contributed by atoms with Gasteiger partial charge in [0, 0.05) is 6.04 Å². The highest BCUT2D eigenvalue weighted by Gasteiger charge is 2.42. The van der Waals surface area contributed by atoms with Gasteiger partial charge in [0.15, 0.2) is 0 Å². The maximum absolute atomic E-state index is 3.45. The molecule has 1 aliphatic carbocycles. The molecule has 1 fully saturated rings. The molecule has 1 saturated carbocycles. The van der Waals surface area contributed by atoms with Gasteiger partial charge >= 0.3 is 0 Å². The van der Waals surface area contributed by atoms with E-state index in [0.717, 1.165) is 23.8 Å². The minimum absolute atomic E-state index is 0.507. The lowest BCUT2D eigenvalue weighted by molar-refractivity contribution is 0.0177. The predicted molar refractivity (Wildman–Crippen MR) is 58.7 cm³/mol. The third-order valence-corrected chi connectivity index (χ3v) is 4.85. The Morgan fingerprint density at radius 1 is 1.15 bits per heavy atom. The average Bonchev–Trinajstić information content (AvgIpc) is 2.09. The van der Waals surface area contributed by atoms with Crippen molar-refractivity contribution in [2.45, 2.75) is 47.1 Å². The van der Waals surface area contributed by atoms with Crippen LogP contribution in [0.1, 0.15) is 41.0 Å². The molecule has 0 aliphatic heterocycles. The zero-order chi connectivity index (χ0) is 10.2. The molecule has 0 aromatic carbocycles. The van der Waals surface area contributed by atoms with Crippen molar-refractivity contribution in [3.05, 3.63) is 0 Å². The fraction of sp³-hybridized carbons (Fsp3) is 1.00. The van der Waals surface area contributed by atoms with Crippen LogP contribution in [-0.2, 0) is 0 Å². The third kappa shape index (κ3) is 1.76. The van der Waals surface area contributed by atoms with Gasteiger partial charge in [-0.3, -0.25) is 0 Å². The molecule has 1 N–H and O–H groups in total. The highest BCUT2D eigenvalue weighted by atomic mass is 14.9. The molecule has 0 saturated heterocycles. The number of hydrogen-bond donors (Lipinski definition) is 1. The first-order valence-electron chi connectivity index (χ1n) is 5.58. The van der Waals surface area contributed by atoms with Gasteiger partial charge in [-0.2, -0.15) is 0 Å². The topological polar surface area (TPSA) is 12.0 Å². The largest absolute Gasteiger partial charge is 0.317 e. The second-order valence-electron chi connectivity index (χ2n) is 5.50. The summed E-state index contributed by atoms with van der Waals surface area (Å²) < 4.78 is 0. The van der Waals surface area contributed by atoms with Gasteiger partial charge in [0.25, 0.3) is 0 Å². The van der Waals surface area contributed by atoms with Crippen LogP contribution in [0.4, 0.5) is 0 Å². The maximum Gasteiger partial charge on any atom is 0.00951 e. The Kier molecular flexibility index (Phi) is 3.06. The van der Waals surface area contributed by atoms with Gasteiger partial charge in [-0.25, -0.2) is 0 Å². The molecule has 0 spiro atoms. The van der Waals surface area contributed by atoms with Crippen molar-refractivity contribution >= 4 is 0 Å². The smallest absolute Gasteiger partial charge is 0.00951 e. The summed E-state index contributed by atoms with van der Waals surface area (Å²) in [7, 11) is 2.10. The summed E-state index contributed by atoms with van der Waals surface area (Å²) in [6.45, 7) is 12.0. The summed E-state index contributed by atoms with van der Waals surface area (Å²) in [6, 6.07) is 0.720. The summed E-state index contributed by atoms with van der Waals surface area (Å²) >= 11 is 0. The summed E-state index contributed by atoms with van der Waals surface area (Å²) in [6.07, 6.45) is 1.33. The standard InChI is InChI=1S/C12H25N/c1-8-7-11(13-6)9(2)10(3)12(8,4)5/h8-11,13H,7H2,1-6H3/t8?,9-,10+,11?/m1/s1. The molecule has 0 bridgehead atoms. The summed E-state index contributed by atoms with van der Waals surface area (Å²) in [5, 5.41) is 3.45. The van der Waals surface area contributed by atoms with E-state index in [1.165, 1.54) is 6.42 Å². The predicted octanol–water partition coefficient (Wildman–Crippen LogP) is 2.91. The first kappa shape index (κ1) is 11.0. The van der Waals surface area contributed by atoms with E-state index in [4.69, 9.17) is 0 Å². The quantitative estimate of drug-likeness (QED) is 0.659. The summed E-state index contributed by atoms with van der Waals surface area (Å²) in [5.41, 5.74) is 0.507. The highest BCUT2D eigenvalue weighted by Crippen LogP contribution is 2.47. The Morgan fingerprint density at radius 3 is 2.15 bits per heavy atom. The fourth-order valence-electron chi connectivity index (χ4n) is 2.75. The van der Waals surface area contributed by atoms with E-state index in [1.54, 1.807) is 0 Å². The van der Waals surface area contributed by atoms with Gasteiger partial charge in [0.1, 0.15) is 0 Å². The molecule has 2 unspecified atom stereocenters. The van der Waals surface area contributed by atoms with Crippen molar-refractivity contribution in [3.8, 4) is 0 Å². The van der Waals surface area contributed by atoms with Gasteiger partial charge in [-0.15, -0.1) is 0 Å². The Balaban J connectivity index is 2.79. The van der Waals surface area contributed by atoms with Crippen molar-refractivity contribution in [3.63, 3.8) is 0 Å². The Morgan fingerprint density at radius 2 is 1.69 bits per heavy atom. The highest BCUT2D eigenvalue weighted by molar-refractivity contribution is 4.94. The van der Waals surface area contributed by atoms with Crippen molar-refractivity contribution in [2.75, 3.05) is 7.05 Å². The molecular formula is C12H25N. The van der Waals surface area contributed by atoms with Crippen LogP contribution in [0.25, 0.3) is 0 Å². The van der Waals surface area contributed by atoms with Gasteiger partial charge in [-0.1, -0.05) is 34.6 Å². The molecule has 1 aliphatic rings. The van der Waals surface area contributed by atoms with Gasteiger partial charge in [0.05, 0.1) is 0 Å². The Hall–Kier alpha value is -0.0400. The Labute approximate surface area is 83.3 Å². The van der Waals surface area contributed by atoms with E-state index < -0.39 is 0 Å². The lowest BCUT2D eigenvalue weighted by Crippen LogP contribution is -2.49. The minimum atomic E-state index is 0.507. The molecule has 0 heterocycles. The minimum Gasteiger partial charge on any atom is -0.317 e. The normalized spacial score (nSPS) is 44.8. The second kappa shape index (κ2) is 3.61. The molecule has 0 amide bonds. The van der Waals surface area contributed by atoms with Crippen molar-refractivity contribution in [2.24, 2.45) is 23.2 Å². The zero-order valence-corrected chi connectivity index (χ0v) is 10.0. The first-order valence-corrected chi connectivity index (χ1v) is 5.58. The molecular weight excluding hydrogens is 158 g/mol. The maximum atomic E-state index is 3.45. The monoisotopic (exact) mass is 183 g/mol. The van der Waals surface area contributed by atoms with Crippen LogP contribution in [0, 0.1) is 23.2 Å². The van der Waals surface area contributed by atoms with Crippen LogP contribution in [0.2, 0.25) is 0 Å². The fourth-order valence-corrected chi connectivity index (χ4v) is 2.75. The summed E-state index contributed by atoms with van der Waals surface area (Å²) in [5.74, 6) is 2.45. The number of rotatable bonds is 1. The van der Waals surface area contributed by atoms with E-state index in [9.17, 15) is 0 Å². The molecule has 0 aromatic rings. The second-order valence-corrected chi connectivity index (χ2v) is 5.50. The van der Waals surface area contributed by atoms with Crippen LogP contribution < -0.4 is 5.32 Å². The van der Waals surface area contributed by atoms with E-state index in [2.05, 4.69) is 47.0 Å². The van der Waals surface area contributed by atoms with E-state index in [-0.39, 0.29) is 0 Å². The lowest BCUT2D eigenvalue weighted by atomic mass is 9.58. The number of nitrogens with one attached hydrogen (secondary N) is 1. The molecule has 1 heteroatoms. The SMILES string of the molecule is CNC1CC(C)C(C)(C)[C@@H](C)[C@H]1C. The van der Waals surface area contributed by atoms with Gasteiger partial charge < -0.3 is 5.32 Å². The van der Waals surface area contributed by atoms with Gasteiger partial charge in [-0.05, 0) is 36.6 Å². The zero-order valence-electron chi connectivity index (χ0n) is 10.0.